The van der Waals surface area contributed by atoms with Crippen LogP contribution in [0.15, 0.2) is 78.7 Å². The molecule has 0 aliphatic rings. The molecule has 1 atom stereocenters. The summed E-state index contributed by atoms with van der Waals surface area (Å²) in [5.74, 6) is 0.655. The highest BCUT2D eigenvalue weighted by Gasteiger charge is 2.16. The van der Waals surface area contributed by atoms with Crippen LogP contribution < -0.4 is 10.1 Å². The number of hydrogen-bond acceptors (Lipinski definition) is 6. The number of thioether (sulfide) groups is 1. The van der Waals surface area contributed by atoms with E-state index in [1.165, 1.54) is 0 Å². The van der Waals surface area contributed by atoms with Gasteiger partial charge in [0, 0.05) is 16.7 Å². The third kappa shape index (κ3) is 8.87. The molecular formula is C23H25NO5S. The van der Waals surface area contributed by atoms with E-state index >= 15 is 0 Å². The lowest BCUT2D eigenvalue weighted by molar-refractivity contribution is -0.137. The summed E-state index contributed by atoms with van der Waals surface area (Å²) in [6.45, 7) is 7.41. The number of amides is 1. The Balaban J connectivity index is 1.86. The maximum Gasteiger partial charge on any atom is 0.407 e. The molecule has 1 N–H and O–H groups in total. The summed E-state index contributed by atoms with van der Waals surface area (Å²) >= 11 is 1.57. The van der Waals surface area contributed by atoms with E-state index in [4.69, 9.17) is 14.2 Å². The number of hydrogen-bond donors (Lipinski definition) is 1. The molecule has 0 saturated heterocycles. The van der Waals surface area contributed by atoms with E-state index < -0.39 is 18.2 Å². The van der Waals surface area contributed by atoms with Gasteiger partial charge in [-0.2, -0.15) is 0 Å². The van der Waals surface area contributed by atoms with Gasteiger partial charge < -0.3 is 19.5 Å². The van der Waals surface area contributed by atoms with Crippen LogP contribution in [0, 0.1) is 0 Å². The van der Waals surface area contributed by atoms with Crippen molar-refractivity contribution in [3.63, 3.8) is 0 Å². The van der Waals surface area contributed by atoms with Gasteiger partial charge in [-0.1, -0.05) is 49.6 Å². The molecule has 1 unspecified atom stereocenters. The molecule has 0 heterocycles. The van der Waals surface area contributed by atoms with Crippen molar-refractivity contribution < 1.29 is 23.8 Å². The third-order valence-corrected chi connectivity index (χ3v) is 4.93. The minimum atomic E-state index is -0.603. The molecule has 7 heteroatoms. The Kier molecular flexibility index (Phi) is 10.1. The second-order valence-electron chi connectivity index (χ2n) is 6.03. The van der Waals surface area contributed by atoms with E-state index in [9.17, 15) is 9.59 Å². The number of nitrogens with one attached hydrogen (secondary N) is 1. The standard InChI is InChI=1S/C23H25NO5S/c1-3-18-10-12-19(13-11-18)28-16-20(17-30-21-8-6-5-7-9-21)29-23(26)24-14-15-27-22(25)4-2/h3-13,20H,1-2,14-17H2,(H,24,26). The van der Waals surface area contributed by atoms with Crippen LogP contribution in [0.1, 0.15) is 5.56 Å². The van der Waals surface area contributed by atoms with Gasteiger partial charge in [0.15, 0.2) is 0 Å². The molecule has 0 aliphatic heterocycles. The summed E-state index contributed by atoms with van der Waals surface area (Å²) < 4.78 is 16.1. The van der Waals surface area contributed by atoms with Crippen LogP contribution in [0.4, 0.5) is 4.79 Å². The van der Waals surface area contributed by atoms with Crippen LogP contribution in [0.3, 0.4) is 0 Å². The zero-order chi connectivity index (χ0) is 21.6. The molecule has 0 aliphatic carbocycles. The first-order valence-electron chi connectivity index (χ1n) is 9.37. The van der Waals surface area contributed by atoms with Crippen LogP contribution in [0.2, 0.25) is 0 Å². The molecule has 0 bridgehead atoms. The van der Waals surface area contributed by atoms with Crippen molar-refractivity contribution in [2.24, 2.45) is 0 Å². The minimum Gasteiger partial charge on any atom is -0.490 e. The monoisotopic (exact) mass is 427 g/mol. The molecule has 2 rings (SSSR count). The highest BCUT2D eigenvalue weighted by atomic mass is 32.2. The second kappa shape index (κ2) is 13.1. The van der Waals surface area contributed by atoms with Gasteiger partial charge in [0.1, 0.15) is 25.1 Å². The molecule has 0 saturated carbocycles. The Morgan fingerprint density at radius 1 is 1.07 bits per heavy atom. The smallest absolute Gasteiger partial charge is 0.407 e. The lowest BCUT2D eigenvalue weighted by atomic mass is 10.2. The maximum atomic E-state index is 12.1. The minimum absolute atomic E-state index is 0.0372. The fourth-order valence-electron chi connectivity index (χ4n) is 2.27. The van der Waals surface area contributed by atoms with E-state index in [1.54, 1.807) is 17.8 Å². The van der Waals surface area contributed by atoms with E-state index in [2.05, 4.69) is 18.5 Å². The fourth-order valence-corrected chi connectivity index (χ4v) is 3.16. The van der Waals surface area contributed by atoms with Crippen molar-refractivity contribution in [1.82, 2.24) is 5.32 Å². The fraction of sp³-hybridized carbons (Fsp3) is 0.217. The van der Waals surface area contributed by atoms with Gasteiger partial charge >= 0.3 is 12.1 Å². The molecule has 158 valence electrons. The zero-order valence-electron chi connectivity index (χ0n) is 16.6. The summed E-state index contributed by atoms with van der Waals surface area (Å²) in [6, 6.07) is 17.3. The zero-order valence-corrected chi connectivity index (χ0v) is 17.4. The first-order valence-corrected chi connectivity index (χ1v) is 10.4. The Bertz CT molecular complexity index is 823. The number of carbonyl (C=O) groups is 2. The Hall–Kier alpha value is -3.19. The normalized spacial score (nSPS) is 11.1. The summed E-state index contributed by atoms with van der Waals surface area (Å²) in [6.07, 6.45) is 1.73. The average molecular weight is 428 g/mol. The molecule has 2 aromatic carbocycles. The molecule has 0 aromatic heterocycles. The van der Waals surface area contributed by atoms with E-state index in [-0.39, 0.29) is 19.8 Å². The highest BCUT2D eigenvalue weighted by molar-refractivity contribution is 7.99. The van der Waals surface area contributed by atoms with Gasteiger partial charge in [-0.15, -0.1) is 11.8 Å². The lowest BCUT2D eigenvalue weighted by Gasteiger charge is -2.19. The Morgan fingerprint density at radius 2 is 1.80 bits per heavy atom. The van der Waals surface area contributed by atoms with Crippen molar-refractivity contribution in [3.8, 4) is 5.75 Å². The Labute approximate surface area is 180 Å². The van der Waals surface area contributed by atoms with E-state index in [0.717, 1.165) is 16.5 Å². The van der Waals surface area contributed by atoms with E-state index in [1.807, 2.05) is 54.6 Å². The number of rotatable bonds is 12. The number of esters is 1. The SMILES string of the molecule is C=CC(=O)OCCNC(=O)OC(COc1ccc(C=C)cc1)CSc1ccccc1. The third-order valence-electron chi connectivity index (χ3n) is 3.79. The predicted molar refractivity (Wildman–Crippen MR) is 119 cm³/mol. The predicted octanol–water partition coefficient (Wildman–Crippen LogP) is 4.32. The Morgan fingerprint density at radius 3 is 2.47 bits per heavy atom. The van der Waals surface area contributed by atoms with Crippen LogP contribution >= 0.6 is 11.8 Å². The van der Waals surface area contributed by atoms with Crippen LogP contribution in [-0.4, -0.2) is 43.7 Å². The summed E-state index contributed by atoms with van der Waals surface area (Å²) in [7, 11) is 0. The van der Waals surface area contributed by atoms with Gasteiger partial charge in [0.2, 0.25) is 0 Å². The van der Waals surface area contributed by atoms with Crippen molar-refractivity contribution in [2.45, 2.75) is 11.0 Å². The van der Waals surface area contributed by atoms with Gasteiger partial charge in [-0.25, -0.2) is 9.59 Å². The summed E-state index contributed by atoms with van der Waals surface area (Å²) in [5, 5.41) is 2.56. The summed E-state index contributed by atoms with van der Waals surface area (Å²) in [4.78, 5) is 24.2. The first kappa shape index (κ1) is 23.1. The van der Waals surface area contributed by atoms with Crippen LogP contribution in [0.25, 0.3) is 6.08 Å². The van der Waals surface area contributed by atoms with Crippen molar-refractivity contribution in [3.05, 3.63) is 79.4 Å². The summed E-state index contributed by atoms with van der Waals surface area (Å²) in [5.41, 5.74) is 0.992. The van der Waals surface area contributed by atoms with Crippen molar-refractivity contribution in [1.29, 1.82) is 0 Å². The molecule has 6 nitrogen and oxygen atoms in total. The highest BCUT2D eigenvalue weighted by Crippen LogP contribution is 2.20. The topological polar surface area (TPSA) is 73.9 Å². The van der Waals surface area contributed by atoms with Crippen LogP contribution in [0.5, 0.6) is 5.75 Å². The second-order valence-corrected chi connectivity index (χ2v) is 7.13. The molecule has 0 fully saturated rings. The van der Waals surface area contributed by atoms with E-state index in [0.29, 0.717) is 11.5 Å². The first-order chi connectivity index (χ1) is 14.6. The average Bonchev–Trinajstić information content (AvgIpc) is 2.79. The van der Waals surface area contributed by atoms with Crippen LogP contribution in [-0.2, 0) is 14.3 Å². The number of benzene rings is 2. The molecule has 0 spiro atoms. The lowest BCUT2D eigenvalue weighted by Crippen LogP contribution is -2.35. The number of alkyl carbamates (subject to hydrolysis) is 1. The van der Waals surface area contributed by atoms with Gasteiger partial charge in [-0.3, -0.25) is 0 Å². The quantitative estimate of drug-likeness (QED) is 0.235. The largest absolute Gasteiger partial charge is 0.490 e. The molecule has 2 aromatic rings. The van der Waals surface area contributed by atoms with Gasteiger partial charge in [0.25, 0.3) is 0 Å². The van der Waals surface area contributed by atoms with Gasteiger partial charge in [-0.05, 0) is 29.8 Å². The molecule has 0 radical (unpaired) electrons. The number of carbonyl (C=O) groups excluding carboxylic acids is 2. The van der Waals surface area contributed by atoms with Gasteiger partial charge in [0.05, 0.1) is 6.54 Å². The van der Waals surface area contributed by atoms with Crippen molar-refractivity contribution >= 4 is 29.9 Å². The molecule has 1 amide bonds. The number of ether oxygens (including phenoxy) is 3. The molecule has 30 heavy (non-hydrogen) atoms. The van der Waals surface area contributed by atoms with Crippen molar-refractivity contribution in [2.75, 3.05) is 25.5 Å². The maximum absolute atomic E-state index is 12.1. The molecular weight excluding hydrogens is 402 g/mol.